The Balaban J connectivity index is 1.52. The zero-order chi connectivity index (χ0) is 22.9. The number of imidazole rings is 2. The van der Waals surface area contributed by atoms with Crippen LogP contribution in [0.2, 0.25) is 0 Å². The standard InChI is InChI=1S/C29H30N4O/c34-29(27(32-17-15-30-19-32)25-13-5-9-21-7-1-3-11-23(21)25)28(33-18-16-31-20-33)26-14-6-10-22-8-2-4-12-24(22)26/h5-6,9-10,13-20,27-28H,1-4,7-8,11-12H2. The molecule has 0 saturated carbocycles. The maximum atomic E-state index is 14.7. The largest absolute Gasteiger partial charge is 0.323 e. The molecule has 172 valence electrons. The molecule has 2 aliphatic carbocycles. The van der Waals surface area contributed by atoms with Gasteiger partial charge in [0.1, 0.15) is 12.1 Å². The summed E-state index contributed by atoms with van der Waals surface area (Å²) in [6, 6.07) is 12.1. The molecule has 5 heteroatoms. The number of nitrogens with zero attached hydrogens (tertiary/aromatic N) is 4. The summed E-state index contributed by atoms with van der Waals surface area (Å²) >= 11 is 0. The Bertz CT molecular complexity index is 1190. The van der Waals surface area contributed by atoms with E-state index in [2.05, 4.69) is 46.4 Å². The van der Waals surface area contributed by atoms with Crippen LogP contribution in [0.4, 0.5) is 0 Å². The molecule has 0 spiro atoms. The highest BCUT2D eigenvalue weighted by Gasteiger charge is 2.35. The molecule has 6 rings (SSSR count). The quantitative estimate of drug-likeness (QED) is 0.401. The van der Waals surface area contributed by atoms with E-state index in [1.54, 1.807) is 25.0 Å². The number of aromatic nitrogens is 4. The molecule has 2 atom stereocenters. The van der Waals surface area contributed by atoms with Gasteiger partial charge in [-0.2, -0.15) is 0 Å². The lowest BCUT2D eigenvalue weighted by Gasteiger charge is -2.30. The summed E-state index contributed by atoms with van der Waals surface area (Å²) in [5, 5.41) is 0. The van der Waals surface area contributed by atoms with Crippen LogP contribution in [0.1, 0.15) is 71.1 Å². The third-order valence-electron chi connectivity index (χ3n) is 7.64. The number of hydrogen-bond acceptors (Lipinski definition) is 3. The molecule has 2 aromatic carbocycles. The normalized spacial score (nSPS) is 16.9. The molecular formula is C29H30N4O. The van der Waals surface area contributed by atoms with Crippen molar-refractivity contribution in [2.75, 3.05) is 0 Å². The van der Waals surface area contributed by atoms with E-state index in [1.165, 1.54) is 47.9 Å². The first-order valence-electron chi connectivity index (χ1n) is 12.5. The number of aryl methyl sites for hydroxylation is 2. The van der Waals surface area contributed by atoms with Crippen molar-refractivity contribution in [1.29, 1.82) is 0 Å². The zero-order valence-corrected chi connectivity index (χ0v) is 19.4. The van der Waals surface area contributed by atoms with E-state index in [0.717, 1.165) is 36.8 Å². The molecule has 5 nitrogen and oxygen atoms in total. The van der Waals surface area contributed by atoms with Crippen molar-refractivity contribution in [3.05, 3.63) is 107 Å². The van der Waals surface area contributed by atoms with E-state index in [-0.39, 0.29) is 5.78 Å². The van der Waals surface area contributed by atoms with Gasteiger partial charge in [0.15, 0.2) is 5.78 Å². The highest BCUT2D eigenvalue weighted by molar-refractivity contribution is 5.92. The molecule has 34 heavy (non-hydrogen) atoms. The molecule has 0 radical (unpaired) electrons. The van der Waals surface area contributed by atoms with E-state index in [4.69, 9.17) is 0 Å². The Morgan fingerprint density at radius 1 is 0.676 bits per heavy atom. The maximum Gasteiger partial charge on any atom is 0.187 e. The van der Waals surface area contributed by atoms with Crippen LogP contribution < -0.4 is 0 Å². The van der Waals surface area contributed by atoms with Crippen LogP contribution in [-0.2, 0) is 30.5 Å². The minimum absolute atomic E-state index is 0.161. The van der Waals surface area contributed by atoms with Crippen LogP contribution in [0.3, 0.4) is 0 Å². The van der Waals surface area contributed by atoms with Gasteiger partial charge in [0, 0.05) is 24.8 Å². The second kappa shape index (κ2) is 9.05. The number of carbonyl (C=O) groups excluding carboxylic acids is 1. The Morgan fingerprint density at radius 2 is 1.15 bits per heavy atom. The monoisotopic (exact) mass is 450 g/mol. The number of rotatable bonds is 6. The molecule has 0 amide bonds. The maximum absolute atomic E-state index is 14.7. The summed E-state index contributed by atoms with van der Waals surface area (Å²) in [6.07, 6.45) is 20.0. The number of benzene rings is 2. The summed E-state index contributed by atoms with van der Waals surface area (Å²) in [7, 11) is 0. The molecule has 0 aliphatic heterocycles. The first-order chi connectivity index (χ1) is 16.8. The first-order valence-corrected chi connectivity index (χ1v) is 12.5. The predicted molar refractivity (Wildman–Crippen MR) is 132 cm³/mol. The summed E-state index contributed by atoms with van der Waals surface area (Å²) in [5.41, 5.74) is 7.71. The SMILES string of the molecule is O=C(C(c1cccc2c1CCCC2)n1ccnc1)C(c1cccc2c1CCCC2)n1ccnc1. The highest BCUT2D eigenvalue weighted by atomic mass is 16.1. The van der Waals surface area contributed by atoms with Crippen molar-refractivity contribution in [3.8, 4) is 0 Å². The summed E-state index contributed by atoms with van der Waals surface area (Å²) in [5.74, 6) is 0.161. The molecule has 2 heterocycles. The lowest BCUT2D eigenvalue weighted by atomic mass is 9.81. The van der Waals surface area contributed by atoms with E-state index in [0.29, 0.717) is 0 Å². The van der Waals surface area contributed by atoms with Crippen LogP contribution in [0.15, 0.2) is 73.8 Å². The number of hydrogen-bond donors (Lipinski definition) is 0. The first kappa shape index (κ1) is 21.1. The minimum atomic E-state index is -0.428. The average molecular weight is 451 g/mol. The predicted octanol–water partition coefficient (Wildman–Crippen LogP) is 5.29. The second-order valence-corrected chi connectivity index (χ2v) is 9.61. The van der Waals surface area contributed by atoms with Gasteiger partial charge in [-0.1, -0.05) is 36.4 Å². The second-order valence-electron chi connectivity index (χ2n) is 9.61. The lowest BCUT2D eigenvalue weighted by Crippen LogP contribution is -2.31. The van der Waals surface area contributed by atoms with Gasteiger partial charge in [0.25, 0.3) is 0 Å². The third-order valence-corrected chi connectivity index (χ3v) is 7.64. The van der Waals surface area contributed by atoms with Gasteiger partial charge >= 0.3 is 0 Å². The minimum Gasteiger partial charge on any atom is -0.323 e. The van der Waals surface area contributed by atoms with Gasteiger partial charge < -0.3 is 9.13 Å². The van der Waals surface area contributed by atoms with Crippen molar-refractivity contribution in [3.63, 3.8) is 0 Å². The fourth-order valence-electron chi connectivity index (χ4n) is 6.05. The lowest BCUT2D eigenvalue weighted by molar-refractivity contribution is -0.123. The van der Waals surface area contributed by atoms with Gasteiger partial charge in [0.2, 0.25) is 0 Å². The number of ketones is 1. The molecule has 0 saturated heterocycles. The molecular weight excluding hydrogens is 420 g/mol. The van der Waals surface area contributed by atoms with E-state index in [1.807, 2.05) is 21.5 Å². The van der Waals surface area contributed by atoms with E-state index in [9.17, 15) is 4.79 Å². The van der Waals surface area contributed by atoms with Gasteiger partial charge in [-0.05, 0) is 84.7 Å². The smallest absolute Gasteiger partial charge is 0.187 e. The van der Waals surface area contributed by atoms with Gasteiger partial charge in [-0.3, -0.25) is 4.79 Å². The Labute approximate surface area is 200 Å². The fourth-order valence-corrected chi connectivity index (χ4v) is 6.05. The Hall–Kier alpha value is -3.47. The van der Waals surface area contributed by atoms with Crippen molar-refractivity contribution >= 4 is 5.78 Å². The van der Waals surface area contributed by atoms with Gasteiger partial charge in [-0.25, -0.2) is 9.97 Å². The zero-order valence-electron chi connectivity index (χ0n) is 19.4. The van der Waals surface area contributed by atoms with Crippen LogP contribution >= 0.6 is 0 Å². The molecule has 0 bridgehead atoms. The van der Waals surface area contributed by atoms with Crippen LogP contribution in [0.25, 0.3) is 0 Å². The number of Topliss-reactive ketones (excluding diaryl/α,β-unsaturated/α-hetero) is 1. The Kier molecular flexibility index (Phi) is 5.61. The molecule has 0 fully saturated rings. The van der Waals surface area contributed by atoms with Crippen LogP contribution in [-0.4, -0.2) is 24.9 Å². The summed E-state index contributed by atoms with van der Waals surface area (Å²) < 4.78 is 3.98. The van der Waals surface area contributed by atoms with E-state index < -0.39 is 12.1 Å². The third kappa shape index (κ3) is 3.69. The van der Waals surface area contributed by atoms with Gasteiger partial charge in [-0.15, -0.1) is 0 Å². The van der Waals surface area contributed by atoms with Crippen molar-refractivity contribution in [2.45, 2.75) is 63.5 Å². The molecule has 0 N–H and O–H groups in total. The molecule has 2 unspecified atom stereocenters. The van der Waals surface area contributed by atoms with Crippen molar-refractivity contribution in [1.82, 2.24) is 19.1 Å². The van der Waals surface area contributed by atoms with E-state index >= 15 is 0 Å². The Morgan fingerprint density at radius 3 is 1.59 bits per heavy atom. The number of carbonyl (C=O) groups is 1. The molecule has 2 aromatic heterocycles. The molecule has 2 aliphatic rings. The van der Waals surface area contributed by atoms with Crippen LogP contribution in [0.5, 0.6) is 0 Å². The van der Waals surface area contributed by atoms with Crippen LogP contribution in [0, 0.1) is 0 Å². The average Bonchev–Trinajstić information content (AvgIpc) is 3.60. The highest BCUT2D eigenvalue weighted by Crippen LogP contribution is 2.37. The van der Waals surface area contributed by atoms with Gasteiger partial charge in [0.05, 0.1) is 12.7 Å². The van der Waals surface area contributed by atoms with Crippen molar-refractivity contribution < 1.29 is 4.79 Å². The number of fused-ring (bicyclic) bond motifs is 2. The summed E-state index contributed by atoms with van der Waals surface area (Å²) in [4.78, 5) is 23.4. The topological polar surface area (TPSA) is 52.7 Å². The fraction of sp³-hybridized carbons (Fsp3) is 0.345. The molecule has 4 aromatic rings. The van der Waals surface area contributed by atoms with Crippen molar-refractivity contribution in [2.24, 2.45) is 0 Å². The summed E-state index contributed by atoms with van der Waals surface area (Å²) in [6.45, 7) is 0.